The van der Waals surface area contributed by atoms with E-state index in [1.54, 1.807) is 36.7 Å². The predicted molar refractivity (Wildman–Crippen MR) is 145 cm³/mol. The van der Waals surface area contributed by atoms with Crippen molar-refractivity contribution in [2.45, 2.75) is 31.6 Å². The highest BCUT2D eigenvalue weighted by atomic mass is 19.1. The van der Waals surface area contributed by atoms with Gasteiger partial charge in [-0.2, -0.15) is 4.98 Å². The summed E-state index contributed by atoms with van der Waals surface area (Å²) in [7, 11) is 0. The number of pyridine rings is 1. The molecule has 0 aliphatic carbocycles. The number of piperidine rings is 1. The SMILES string of the molecule is O=C(CCc1nc(-c2ccc(F)cc2)no1)Nc1ccc(C2CCN(C(=O)c3cnc4ccoc4c3)CC2)cc1. The Morgan fingerprint density at radius 1 is 1.02 bits per heavy atom. The van der Waals surface area contributed by atoms with E-state index in [9.17, 15) is 14.0 Å². The van der Waals surface area contributed by atoms with Gasteiger partial charge in [-0.1, -0.05) is 17.3 Å². The van der Waals surface area contributed by atoms with Crippen molar-refractivity contribution in [2.24, 2.45) is 0 Å². The number of fused-ring (bicyclic) bond motifs is 1. The number of hydrogen-bond acceptors (Lipinski definition) is 7. The molecular weight excluding hydrogens is 513 g/mol. The maximum Gasteiger partial charge on any atom is 0.255 e. The van der Waals surface area contributed by atoms with Gasteiger partial charge in [0.15, 0.2) is 5.58 Å². The second-order valence-corrected chi connectivity index (χ2v) is 9.78. The maximum absolute atomic E-state index is 13.1. The Morgan fingerprint density at radius 2 is 1.80 bits per heavy atom. The number of halogens is 1. The summed E-state index contributed by atoms with van der Waals surface area (Å²) in [6.07, 6.45) is 5.36. The van der Waals surface area contributed by atoms with Crippen LogP contribution in [-0.2, 0) is 11.2 Å². The summed E-state index contributed by atoms with van der Waals surface area (Å²) < 4.78 is 23.7. The molecule has 0 radical (unpaired) electrons. The molecule has 5 aromatic rings. The van der Waals surface area contributed by atoms with Gasteiger partial charge in [-0.05, 0) is 66.8 Å². The third-order valence-corrected chi connectivity index (χ3v) is 7.13. The largest absolute Gasteiger partial charge is 0.463 e. The summed E-state index contributed by atoms with van der Waals surface area (Å²) in [5.74, 6) is 0.499. The average Bonchev–Trinajstić information content (AvgIpc) is 3.66. The maximum atomic E-state index is 13.1. The van der Waals surface area contributed by atoms with E-state index in [4.69, 9.17) is 8.94 Å². The molecule has 0 unspecified atom stereocenters. The van der Waals surface area contributed by atoms with E-state index in [2.05, 4.69) is 20.4 Å². The Bertz CT molecular complexity index is 1640. The molecule has 0 saturated carbocycles. The Balaban J connectivity index is 0.976. The van der Waals surface area contributed by atoms with Crippen molar-refractivity contribution in [1.82, 2.24) is 20.0 Å². The molecule has 6 rings (SSSR count). The van der Waals surface area contributed by atoms with E-state index in [1.807, 2.05) is 29.2 Å². The molecule has 1 fully saturated rings. The third kappa shape index (κ3) is 5.61. The van der Waals surface area contributed by atoms with Crippen molar-refractivity contribution in [2.75, 3.05) is 18.4 Å². The van der Waals surface area contributed by atoms with Crippen LogP contribution in [0.15, 0.2) is 82.1 Å². The molecule has 4 heterocycles. The molecule has 1 N–H and O–H groups in total. The summed E-state index contributed by atoms with van der Waals surface area (Å²) >= 11 is 0. The topological polar surface area (TPSA) is 114 Å². The average molecular weight is 540 g/mol. The number of nitrogens with one attached hydrogen (secondary N) is 1. The van der Waals surface area contributed by atoms with E-state index in [1.165, 1.54) is 17.7 Å². The van der Waals surface area contributed by atoms with Crippen molar-refractivity contribution in [3.63, 3.8) is 0 Å². The molecule has 0 bridgehead atoms. The van der Waals surface area contributed by atoms with Crippen LogP contribution in [-0.4, -0.2) is 44.9 Å². The van der Waals surface area contributed by atoms with Gasteiger partial charge in [0.25, 0.3) is 5.91 Å². The summed E-state index contributed by atoms with van der Waals surface area (Å²) in [4.78, 5) is 35.9. The Labute approximate surface area is 229 Å². The van der Waals surface area contributed by atoms with Gasteiger partial charge in [-0.15, -0.1) is 0 Å². The van der Waals surface area contributed by atoms with Crippen LogP contribution in [0.3, 0.4) is 0 Å². The van der Waals surface area contributed by atoms with Gasteiger partial charge in [0.2, 0.25) is 17.6 Å². The highest BCUT2D eigenvalue weighted by Crippen LogP contribution is 2.30. The Morgan fingerprint density at radius 3 is 2.58 bits per heavy atom. The molecule has 2 amide bonds. The van der Waals surface area contributed by atoms with Crippen molar-refractivity contribution in [3.8, 4) is 11.4 Å². The predicted octanol–water partition coefficient (Wildman–Crippen LogP) is 5.61. The van der Waals surface area contributed by atoms with Crippen LogP contribution in [0.2, 0.25) is 0 Å². The molecule has 10 heteroatoms. The van der Waals surface area contributed by atoms with Crippen LogP contribution < -0.4 is 5.32 Å². The first-order valence-corrected chi connectivity index (χ1v) is 13.1. The smallest absolute Gasteiger partial charge is 0.255 e. The minimum atomic E-state index is -0.340. The standard InChI is InChI=1S/C30H26FN5O4/c31-23-5-1-21(2-6-23)29-34-28(40-35-29)10-9-27(37)33-24-7-3-19(4-8-24)20-11-14-36(15-12-20)30(38)22-17-26-25(32-18-22)13-16-39-26/h1-8,13,16-18,20H,9-12,14-15H2,(H,33,37). The van der Waals surface area contributed by atoms with Gasteiger partial charge in [-0.3, -0.25) is 14.6 Å². The number of nitrogens with zero attached hydrogens (tertiary/aromatic N) is 4. The van der Waals surface area contributed by atoms with Gasteiger partial charge in [-0.25, -0.2) is 4.39 Å². The number of benzene rings is 2. The van der Waals surface area contributed by atoms with Crippen molar-refractivity contribution in [1.29, 1.82) is 0 Å². The second-order valence-electron chi connectivity index (χ2n) is 9.78. The number of likely N-dealkylation sites (tertiary alicyclic amines) is 1. The lowest BCUT2D eigenvalue weighted by Crippen LogP contribution is -2.37. The molecule has 1 saturated heterocycles. The number of amides is 2. The molecular formula is C30H26FN5O4. The monoisotopic (exact) mass is 539 g/mol. The number of carbonyl (C=O) groups excluding carboxylic acids is 2. The lowest BCUT2D eigenvalue weighted by atomic mass is 9.89. The highest BCUT2D eigenvalue weighted by molar-refractivity contribution is 5.96. The molecule has 3 aromatic heterocycles. The van der Waals surface area contributed by atoms with Crippen molar-refractivity contribution in [3.05, 3.63) is 96.0 Å². The summed E-state index contributed by atoms with van der Waals surface area (Å²) in [6.45, 7) is 1.33. The van der Waals surface area contributed by atoms with Gasteiger partial charge in [0.05, 0.1) is 11.8 Å². The molecule has 0 spiro atoms. The normalized spacial score (nSPS) is 14.0. The molecule has 2 aromatic carbocycles. The van der Waals surface area contributed by atoms with E-state index in [0.717, 1.165) is 18.4 Å². The van der Waals surface area contributed by atoms with E-state index >= 15 is 0 Å². The first-order chi connectivity index (χ1) is 19.5. The molecule has 1 aliphatic rings. The number of furan rings is 1. The minimum absolute atomic E-state index is 0.0329. The van der Waals surface area contributed by atoms with E-state index in [-0.39, 0.29) is 24.1 Å². The van der Waals surface area contributed by atoms with Crippen LogP contribution in [0.4, 0.5) is 10.1 Å². The fourth-order valence-corrected chi connectivity index (χ4v) is 4.92. The van der Waals surface area contributed by atoms with Crippen LogP contribution in [0.25, 0.3) is 22.5 Å². The fourth-order valence-electron chi connectivity index (χ4n) is 4.92. The lowest BCUT2D eigenvalue weighted by Gasteiger charge is -2.32. The molecule has 0 atom stereocenters. The highest BCUT2D eigenvalue weighted by Gasteiger charge is 2.25. The van der Waals surface area contributed by atoms with Crippen molar-refractivity contribution >= 4 is 28.6 Å². The quantitative estimate of drug-likeness (QED) is 0.286. The van der Waals surface area contributed by atoms with Crippen LogP contribution in [0, 0.1) is 5.82 Å². The molecule has 202 valence electrons. The molecule has 40 heavy (non-hydrogen) atoms. The summed E-state index contributed by atoms with van der Waals surface area (Å²) in [5.41, 5.74) is 4.41. The van der Waals surface area contributed by atoms with Gasteiger partial charge in [0, 0.05) is 49.4 Å². The number of aromatic nitrogens is 3. The van der Waals surface area contributed by atoms with Gasteiger partial charge in [0.1, 0.15) is 11.3 Å². The van der Waals surface area contributed by atoms with Gasteiger partial charge < -0.3 is 19.2 Å². The summed E-state index contributed by atoms with van der Waals surface area (Å²) in [6, 6.07) is 17.2. The number of rotatable bonds is 7. The second kappa shape index (κ2) is 11.1. The first-order valence-electron chi connectivity index (χ1n) is 13.1. The number of carbonyl (C=O) groups is 2. The van der Waals surface area contributed by atoms with Crippen LogP contribution in [0.5, 0.6) is 0 Å². The third-order valence-electron chi connectivity index (χ3n) is 7.13. The Kier molecular flexibility index (Phi) is 7.05. The zero-order valence-electron chi connectivity index (χ0n) is 21.5. The minimum Gasteiger partial charge on any atom is -0.463 e. The zero-order chi connectivity index (χ0) is 27.5. The zero-order valence-corrected chi connectivity index (χ0v) is 21.5. The number of anilines is 1. The lowest BCUT2D eigenvalue weighted by molar-refractivity contribution is -0.116. The summed E-state index contributed by atoms with van der Waals surface area (Å²) in [5, 5.41) is 6.80. The first kappa shape index (κ1) is 25.4. The van der Waals surface area contributed by atoms with Crippen LogP contribution in [0.1, 0.15) is 47.0 Å². The fraction of sp³-hybridized carbons (Fsp3) is 0.233. The Hall–Kier alpha value is -4.86. The van der Waals surface area contributed by atoms with Crippen LogP contribution >= 0.6 is 0 Å². The molecule has 9 nitrogen and oxygen atoms in total. The number of hydrogen-bond donors (Lipinski definition) is 1. The molecule has 1 aliphatic heterocycles. The van der Waals surface area contributed by atoms with Gasteiger partial charge >= 0.3 is 0 Å². The van der Waals surface area contributed by atoms with E-state index < -0.39 is 0 Å². The number of aryl methyl sites for hydroxylation is 1. The van der Waals surface area contributed by atoms with Crippen molar-refractivity contribution < 1.29 is 22.9 Å². The van der Waals surface area contributed by atoms with E-state index in [0.29, 0.717) is 59.5 Å².